The molecule has 27 heavy (non-hydrogen) atoms. The molecule has 0 saturated carbocycles. The van der Waals surface area contributed by atoms with Crippen LogP contribution >= 0.6 is 0 Å². The summed E-state index contributed by atoms with van der Waals surface area (Å²) >= 11 is 0. The summed E-state index contributed by atoms with van der Waals surface area (Å²) in [5.74, 6) is 0.689. The molecule has 0 saturated heterocycles. The Morgan fingerprint density at radius 1 is 1.26 bits per heavy atom. The summed E-state index contributed by atoms with van der Waals surface area (Å²) in [6.45, 7) is 1.94. The Labute approximate surface area is 153 Å². The Morgan fingerprint density at radius 2 is 2.07 bits per heavy atom. The molecule has 0 aliphatic carbocycles. The molecule has 3 heterocycles. The molecule has 0 spiro atoms. The number of carbonyl (C=O) groups is 1. The van der Waals surface area contributed by atoms with Crippen LogP contribution in [-0.2, 0) is 4.79 Å². The third kappa shape index (κ3) is 3.24. The highest BCUT2D eigenvalue weighted by Gasteiger charge is 2.21. The van der Waals surface area contributed by atoms with Gasteiger partial charge in [0.05, 0.1) is 12.2 Å². The molecule has 4 aromatic rings. The summed E-state index contributed by atoms with van der Waals surface area (Å²) in [5, 5.41) is 7.14. The van der Waals surface area contributed by atoms with Crippen LogP contribution in [0.3, 0.4) is 0 Å². The predicted octanol–water partition coefficient (Wildman–Crippen LogP) is 2.81. The van der Waals surface area contributed by atoms with Crippen LogP contribution in [0.25, 0.3) is 17.4 Å². The van der Waals surface area contributed by atoms with E-state index in [1.54, 1.807) is 12.1 Å². The van der Waals surface area contributed by atoms with Crippen molar-refractivity contribution in [2.24, 2.45) is 0 Å². The molecule has 1 amide bonds. The number of hydrogen-bond donors (Lipinski definition) is 2. The highest BCUT2D eigenvalue weighted by atomic mass is 16.3. The first-order valence-corrected chi connectivity index (χ1v) is 8.55. The van der Waals surface area contributed by atoms with E-state index in [9.17, 15) is 9.59 Å². The normalized spacial score (nSPS) is 12.2. The maximum atomic E-state index is 12.8. The molecule has 0 aliphatic rings. The summed E-state index contributed by atoms with van der Waals surface area (Å²) in [7, 11) is 0. The third-order valence-electron chi connectivity index (χ3n) is 4.26. The number of amides is 1. The van der Waals surface area contributed by atoms with Gasteiger partial charge in [-0.2, -0.15) is 9.50 Å². The number of carbonyl (C=O) groups excluding carboxylic acids is 1. The van der Waals surface area contributed by atoms with Crippen LogP contribution in [0.15, 0.2) is 64.0 Å². The lowest BCUT2D eigenvalue weighted by Crippen LogP contribution is -2.24. The molecule has 1 aromatic carbocycles. The van der Waals surface area contributed by atoms with E-state index in [0.29, 0.717) is 18.0 Å². The van der Waals surface area contributed by atoms with Crippen LogP contribution in [0.4, 0.5) is 5.82 Å². The van der Waals surface area contributed by atoms with E-state index in [1.165, 1.54) is 16.8 Å². The number of rotatable bonds is 5. The van der Waals surface area contributed by atoms with Crippen molar-refractivity contribution < 1.29 is 9.21 Å². The van der Waals surface area contributed by atoms with Crippen LogP contribution in [-0.4, -0.2) is 25.5 Å². The first-order chi connectivity index (χ1) is 13.2. The smallest absolute Gasteiger partial charge is 0.254 e. The van der Waals surface area contributed by atoms with E-state index in [0.717, 1.165) is 5.56 Å². The quantitative estimate of drug-likeness (QED) is 0.567. The molecular weight excluding hydrogens is 346 g/mol. The molecule has 2 N–H and O–H groups in total. The van der Waals surface area contributed by atoms with Gasteiger partial charge in [-0.15, -0.1) is 5.10 Å². The topological polar surface area (TPSA) is 105 Å². The molecule has 3 aromatic heterocycles. The number of hydrogen-bond acceptors (Lipinski definition) is 5. The Balaban J connectivity index is 1.70. The molecule has 0 bridgehead atoms. The minimum atomic E-state index is -0.385. The van der Waals surface area contributed by atoms with Crippen molar-refractivity contribution in [2.75, 3.05) is 5.32 Å². The number of aromatic amines is 1. The average molecular weight is 363 g/mol. The van der Waals surface area contributed by atoms with Crippen molar-refractivity contribution in [3.05, 3.63) is 70.7 Å². The van der Waals surface area contributed by atoms with Crippen LogP contribution in [0.2, 0.25) is 0 Å². The van der Waals surface area contributed by atoms with Gasteiger partial charge in [0, 0.05) is 6.07 Å². The lowest BCUT2D eigenvalue weighted by atomic mass is 9.96. The van der Waals surface area contributed by atoms with Gasteiger partial charge in [-0.1, -0.05) is 37.3 Å². The van der Waals surface area contributed by atoms with E-state index in [1.807, 2.05) is 37.3 Å². The van der Waals surface area contributed by atoms with Gasteiger partial charge in [-0.3, -0.25) is 14.6 Å². The first kappa shape index (κ1) is 16.8. The van der Waals surface area contributed by atoms with Crippen LogP contribution in [0.1, 0.15) is 24.8 Å². The monoisotopic (exact) mass is 363 g/mol. The zero-order valence-electron chi connectivity index (χ0n) is 14.5. The minimum absolute atomic E-state index is 0.217. The maximum absolute atomic E-state index is 12.8. The van der Waals surface area contributed by atoms with Crippen molar-refractivity contribution in [1.82, 2.24) is 19.6 Å². The highest BCUT2D eigenvalue weighted by Crippen LogP contribution is 2.22. The van der Waals surface area contributed by atoms with Crippen molar-refractivity contribution in [1.29, 1.82) is 0 Å². The highest BCUT2D eigenvalue weighted by molar-refractivity contribution is 5.95. The largest absolute Gasteiger partial charge is 0.461 e. The van der Waals surface area contributed by atoms with Gasteiger partial charge < -0.3 is 9.73 Å². The van der Waals surface area contributed by atoms with Gasteiger partial charge in [-0.05, 0) is 24.1 Å². The van der Waals surface area contributed by atoms with E-state index in [2.05, 4.69) is 20.4 Å². The molecular formula is C19H17N5O3. The van der Waals surface area contributed by atoms with Crippen LogP contribution in [0.5, 0.6) is 0 Å². The summed E-state index contributed by atoms with van der Waals surface area (Å²) in [4.78, 5) is 31.7. The lowest BCUT2D eigenvalue weighted by molar-refractivity contribution is -0.117. The second-order valence-corrected chi connectivity index (χ2v) is 6.03. The molecule has 0 fully saturated rings. The second-order valence-electron chi connectivity index (χ2n) is 6.03. The fourth-order valence-corrected chi connectivity index (χ4v) is 2.96. The number of H-pyrrole nitrogens is 1. The minimum Gasteiger partial charge on any atom is -0.461 e. The van der Waals surface area contributed by atoms with Crippen LogP contribution < -0.4 is 10.9 Å². The van der Waals surface area contributed by atoms with Gasteiger partial charge in [0.15, 0.2) is 5.76 Å². The number of anilines is 1. The number of fused-ring (bicyclic) bond motifs is 1. The molecule has 8 nitrogen and oxygen atoms in total. The number of aromatic nitrogens is 4. The van der Waals surface area contributed by atoms with Gasteiger partial charge >= 0.3 is 0 Å². The van der Waals surface area contributed by atoms with Gasteiger partial charge in [0.2, 0.25) is 17.5 Å². The fourth-order valence-electron chi connectivity index (χ4n) is 2.96. The SMILES string of the molecule is CC[C@@H](C(=O)Nc1cc(=O)[nH]c2nc(-c3ccco3)nn12)c1ccccc1. The predicted molar refractivity (Wildman–Crippen MR) is 99.4 cm³/mol. The first-order valence-electron chi connectivity index (χ1n) is 8.55. The van der Waals surface area contributed by atoms with Crippen molar-refractivity contribution in [3.63, 3.8) is 0 Å². The molecule has 0 radical (unpaired) electrons. The molecule has 4 rings (SSSR count). The number of furan rings is 1. The zero-order chi connectivity index (χ0) is 18.8. The standard InChI is InChI=1S/C19H17N5O3/c1-2-13(12-7-4-3-5-8-12)18(26)20-15-11-16(25)21-19-22-17(23-24(15)19)14-9-6-10-27-14/h3-11,13H,2H2,1H3,(H,20,26)(H,21,22,23,25)/t13-/m1/s1. The Hall–Kier alpha value is -3.68. The Kier molecular flexibility index (Phi) is 4.29. The lowest BCUT2D eigenvalue weighted by Gasteiger charge is -2.15. The number of nitrogens with one attached hydrogen (secondary N) is 2. The van der Waals surface area contributed by atoms with E-state index in [-0.39, 0.29) is 29.0 Å². The van der Waals surface area contributed by atoms with E-state index in [4.69, 9.17) is 4.42 Å². The fraction of sp³-hybridized carbons (Fsp3) is 0.158. The summed E-state index contributed by atoms with van der Waals surface area (Å²) in [6.07, 6.45) is 2.13. The zero-order valence-corrected chi connectivity index (χ0v) is 14.5. The second kappa shape index (κ2) is 6.91. The van der Waals surface area contributed by atoms with Gasteiger partial charge in [0.25, 0.3) is 5.56 Å². The third-order valence-corrected chi connectivity index (χ3v) is 4.26. The van der Waals surface area contributed by atoms with E-state index < -0.39 is 0 Å². The molecule has 1 atom stereocenters. The molecule has 8 heteroatoms. The number of nitrogens with zero attached hydrogens (tertiary/aromatic N) is 3. The Bertz CT molecular complexity index is 1130. The van der Waals surface area contributed by atoms with Crippen molar-refractivity contribution in [3.8, 4) is 11.6 Å². The summed E-state index contributed by atoms with van der Waals surface area (Å²) < 4.78 is 6.68. The van der Waals surface area contributed by atoms with Gasteiger partial charge in [-0.25, -0.2) is 0 Å². The van der Waals surface area contributed by atoms with Gasteiger partial charge in [0.1, 0.15) is 5.82 Å². The van der Waals surface area contributed by atoms with Crippen LogP contribution in [0, 0.1) is 0 Å². The number of benzene rings is 1. The Morgan fingerprint density at radius 3 is 2.78 bits per heavy atom. The summed E-state index contributed by atoms with van der Waals surface area (Å²) in [6, 6.07) is 14.2. The van der Waals surface area contributed by atoms with E-state index >= 15 is 0 Å². The van der Waals surface area contributed by atoms with Crippen molar-refractivity contribution >= 4 is 17.5 Å². The van der Waals surface area contributed by atoms with Crippen molar-refractivity contribution in [2.45, 2.75) is 19.3 Å². The molecule has 136 valence electrons. The summed E-state index contributed by atoms with van der Waals surface area (Å²) in [5.41, 5.74) is 0.525. The average Bonchev–Trinajstić information content (AvgIpc) is 3.32. The molecule has 0 unspecified atom stereocenters. The maximum Gasteiger partial charge on any atom is 0.254 e. The molecule has 0 aliphatic heterocycles.